The zero-order chi connectivity index (χ0) is 13.9. The first-order valence-electron chi connectivity index (χ1n) is 7.73. The second kappa shape index (κ2) is 5.88. The number of hydrogen-bond donors (Lipinski definition) is 1. The maximum Gasteiger partial charge on any atom is 0.176 e. The number of benzene rings is 1. The predicted octanol–water partition coefficient (Wildman–Crippen LogP) is 4.21. The quantitative estimate of drug-likeness (QED) is 0.767. The van der Waals surface area contributed by atoms with E-state index in [0.717, 1.165) is 36.6 Å². The van der Waals surface area contributed by atoms with Crippen molar-refractivity contribution < 1.29 is 9.15 Å². The summed E-state index contributed by atoms with van der Waals surface area (Å²) in [4.78, 5) is 0. The standard InChI is InChI=1S/C17H23NO2/c1-3-10-18-11-15-16(12-8-9-12)13-6-5-7-14(19-4-2)17(13)20-15/h5-7,12,18H,3-4,8-11H2,1-2H3. The summed E-state index contributed by atoms with van der Waals surface area (Å²) < 4.78 is 11.8. The largest absolute Gasteiger partial charge is 0.490 e. The highest BCUT2D eigenvalue weighted by molar-refractivity contribution is 5.88. The van der Waals surface area contributed by atoms with Crippen LogP contribution in [0.1, 0.15) is 50.4 Å². The summed E-state index contributed by atoms with van der Waals surface area (Å²) in [5.41, 5.74) is 2.33. The molecule has 0 bridgehead atoms. The number of nitrogens with one attached hydrogen (secondary N) is 1. The van der Waals surface area contributed by atoms with E-state index in [1.54, 1.807) is 0 Å². The van der Waals surface area contributed by atoms with Gasteiger partial charge in [-0.05, 0) is 44.7 Å². The van der Waals surface area contributed by atoms with E-state index in [9.17, 15) is 0 Å². The molecule has 0 amide bonds. The molecule has 1 aromatic heterocycles. The van der Waals surface area contributed by atoms with Gasteiger partial charge in [-0.3, -0.25) is 0 Å². The summed E-state index contributed by atoms with van der Waals surface area (Å²) in [6.45, 7) is 6.70. The van der Waals surface area contributed by atoms with Crippen LogP contribution in [0.15, 0.2) is 22.6 Å². The van der Waals surface area contributed by atoms with Crippen LogP contribution < -0.4 is 10.1 Å². The minimum atomic E-state index is 0.669. The maximum atomic E-state index is 6.14. The van der Waals surface area contributed by atoms with E-state index in [1.165, 1.54) is 23.8 Å². The smallest absolute Gasteiger partial charge is 0.176 e. The van der Waals surface area contributed by atoms with Crippen molar-refractivity contribution in [3.05, 3.63) is 29.5 Å². The molecule has 3 heteroatoms. The second-order valence-corrected chi connectivity index (χ2v) is 5.46. The van der Waals surface area contributed by atoms with Crippen LogP contribution in [-0.2, 0) is 6.54 Å². The highest BCUT2D eigenvalue weighted by Gasteiger charge is 2.31. The summed E-state index contributed by atoms with van der Waals surface area (Å²) >= 11 is 0. The van der Waals surface area contributed by atoms with Crippen LogP contribution in [0.5, 0.6) is 5.75 Å². The fourth-order valence-corrected chi connectivity index (χ4v) is 2.76. The molecule has 2 aromatic rings. The molecule has 0 spiro atoms. The van der Waals surface area contributed by atoms with Crippen LogP contribution in [0, 0.1) is 0 Å². The molecule has 108 valence electrons. The van der Waals surface area contributed by atoms with Gasteiger partial charge in [0.25, 0.3) is 0 Å². The van der Waals surface area contributed by atoms with Crippen molar-refractivity contribution in [3.8, 4) is 5.75 Å². The lowest BCUT2D eigenvalue weighted by Crippen LogP contribution is -2.14. The highest BCUT2D eigenvalue weighted by atomic mass is 16.5. The number of para-hydroxylation sites is 1. The Labute approximate surface area is 120 Å². The summed E-state index contributed by atoms with van der Waals surface area (Å²) in [6.07, 6.45) is 3.71. The van der Waals surface area contributed by atoms with E-state index in [2.05, 4.69) is 24.4 Å². The van der Waals surface area contributed by atoms with Crippen molar-refractivity contribution in [1.82, 2.24) is 5.32 Å². The average Bonchev–Trinajstić information content (AvgIpc) is 3.21. The van der Waals surface area contributed by atoms with Gasteiger partial charge in [0.15, 0.2) is 11.3 Å². The zero-order valence-corrected chi connectivity index (χ0v) is 12.4. The Hall–Kier alpha value is -1.48. The molecule has 0 saturated heterocycles. The first-order chi connectivity index (χ1) is 9.85. The topological polar surface area (TPSA) is 34.4 Å². The van der Waals surface area contributed by atoms with Gasteiger partial charge in [-0.1, -0.05) is 19.1 Å². The van der Waals surface area contributed by atoms with E-state index >= 15 is 0 Å². The second-order valence-electron chi connectivity index (χ2n) is 5.46. The molecule has 1 N–H and O–H groups in total. The molecule has 1 fully saturated rings. The van der Waals surface area contributed by atoms with E-state index in [0.29, 0.717) is 12.5 Å². The fraction of sp³-hybridized carbons (Fsp3) is 0.529. The summed E-state index contributed by atoms with van der Waals surface area (Å²) in [5.74, 6) is 2.66. The maximum absolute atomic E-state index is 6.14. The average molecular weight is 273 g/mol. The van der Waals surface area contributed by atoms with Crippen molar-refractivity contribution in [2.24, 2.45) is 0 Å². The molecule has 1 saturated carbocycles. The molecule has 20 heavy (non-hydrogen) atoms. The Morgan fingerprint density at radius 1 is 1.30 bits per heavy atom. The lowest BCUT2D eigenvalue weighted by Gasteiger charge is -2.02. The van der Waals surface area contributed by atoms with Gasteiger partial charge in [-0.2, -0.15) is 0 Å². The number of ether oxygens (including phenoxy) is 1. The Bertz CT molecular complexity index is 584. The minimum Gasteiger partial charge on any atom is -0.490 e. The van der Waals surface area contributed by atoms with E-state index in [-0.39, 0.29) is 0 Å². The molecule has 1 aliphatic carbocycles. The molecule has 0 atom stereocenters. The van der Waals surface area contributed by atoms with E-state index in [1.807, 2.05) is 13.0 Å². The number of hydrogen-bond acceptors (Lipinski definition) is 3. The fourth-order valence-electron chi connectivity index (χ4n) is 2.76. The van der Waals surface area contributed by atoms with Crippen molar-refractivity contribution in [1.29, 1.82) is 0 Å². The molecule has 1 aromatic carbocycles. The van der Waals surface area contributed by atoms with Crippen LogP contribution in [0.2, 0.25) is 0 Å². The molecular formula is C17H23NO2. The van der Waals surface area contributed by atoms with Crippen molar-refractivity contribution in [2.75, 3.05) is 13.2 Å². The zero-order valence-electron chi connectivity index (χ0n) is 12.4. The third-order valence-corrected chi connectivity index (χ3v) is 3.79. The summed E-state index contributed by atoms with van der Waals surface area (Å²) in [5, 5.41) is 4.69. The third-order valence-electron chi connectivity index (χ3n) is 3.79. The van der Waals surface area contributed by atoms with E-state index < -0.39 is 0 Å². The highest BCUT2D eigenvalue weighted by Crippen LogP contribution is 2.47. The first-order valence-corrected chi connectivity index (χ1v) is 7.73. The number of rotatable bonds is 7. The third kappa shape index (κ3) is 2.55. The van der Waals surface area contributed by atoms with Gasteiger partial charge in [0.1, 0.15) is 5.76 Å². The van der Waals surface area contributed by atoms with Gasteiger partial charge < -0.3 is 14.5 Å². The van der Waals surface area contributed by atoms with Gasteiger partial charge in [0, 0.05) is 10.9 Å². The van der Waals surface area contributed by atoms with Crippen LogP contribution >= 0.6 is 0 Å². The Morgan fingerprint density at radius 3 is 2.85 bits per heavy atom. The molecule has 1 heterocycles. The van der Waals surface area contributed by atoms with Gasteiger partial charge in [0.2, 0.25) is 0 Å². The molecule has 3 nitrogen and oxygen atoms in total. The SMILES string of the molecule is CCCNCc1oc2c(OCC)cccc2c1C1CC1. The summed E-state index contributed by atoms with van der Waals surface area (Å²) in [6, 6.07) is 6.23. The summed E-state index contributed by atoms with van der Waals surface area (Å²) in [7, 11) is 0. The van der Waals surface area contributed by atoms with Crippen molar-refractivity contribution >= 4 is 11.0 Å². The lowest BCUT2D eigenvalue weighted by molar-refractivity contribution is 0.337. The van der Waals surface area contributed by atoms with Crippen LogP contribution in [-0.4, -0.2) is 13.2 Å². The molecule has 1 aliphatic rings. The van der Waals surface area contributed by atoms with Gasteiger partial charge in [-0.25, -0.2) is 0 Å². The monoisotopic (exact) mass is 273 g/mol. The minimum absolute atomic E-state index is 0.669. The molecule has 0 aliphatic heterocycles. The molecule has 3 rings (SSSR count). The Balaban J connectivity index is 1.99. The number of fused-ring (bicyclic) bond motifs is 1. The lowest BCUT2D eigenvalue weighted by atomic mass is 10.1. The van der Waals surface area contributed by atoms with Crippen molar-refractivity contribution in [3.63, 3.8) is 0 Å². The molecule has 0 radical (unpaired) electrons. The van der Waals surface area contributed by atoms with Gasteiger partial charge in [-0.15, -0.1) is 0 Å². The number of furan rings is 1. The van der Waals surface area contributed by atoms with Crippen LogP contribution in [0.3, 0.4) is 0 Å². The Kier molecular flexibility index (Phi) is 3.97. The predicted molar refractivity (Wildman–Crippen MR) is 81.4 cm³/mol. The van der Waals surface area contributed by atoms with E-state index in [4.69, 9.17) is 9.15 Å². The first kappa shape index (κ1) is 13.5. The van der Waals surface area contributed by atoms with Gasteiger partial charge in [0.05, 0.1) is 13.2 Å². The Morgan fingerprint density at radius 2 is 2.15 bits per heavy atom. The van der Waals surface area contributed by atoms with Crippen LogP contribution in [0.4, 0.5) is 0 Å². The van der Waals surface area contributed by atoms with Crippen LogP contribution in [0.25, 0.3) is 11.0 Å². The van der Waals surface area contributed by atoms with Crippen molar-refractivity contribution in [2.45, 2.75) is 45.6 Å². The van der Waals surface area contributed by atoms with Gasteiger partial charge >= 0.3 is 0 Å². The normalized spacial score (nSPS) is 14.9. The molecule has 0 unspecified atom stereocenters. The molecular weight excluding hydrogens is 250 g/mol.